The summed E-state index contributed by atoms with van der Waals surface area (Å²) in [6.45, 7) is 3.27. The molecule has 0 aliphatic heterocycles. The summed E-state index contributed by atoms with van der Waals surface area (Å²) in [7, 11) is 0. The van der Waals surface area contributed by atoms with Crippen LogP contribution in [0.1, 0.15) is 62.1 Å². The average Bonchev–Trinajstić information content (AvgIpc) is 2.41. The van der Waals surface area contributed by atoms with Crippen molar-refractivity contribution >= 4 is 5.91 Å². The second-order valence-corrected chi connectivity index (χ2v) is 5.54. The molecule has 0 radical (unpaired) electrons. The van der Waals surface area contributed by atoms with Gasteiger partial charge in [0.15, 0.2) is 0 Å². The predicted molar refractivity (Wildman–Crippen MR) is 77.9 cm³/mol. The maximum Gasteiger partial charge on any atom is 0.217 e. The number of rotatable bonds is 6. The quantitative estimate of drug-likeness (QED) is 0.773. The molecule has 0 heterocycles. The first-order valence-electron chi connectivity index (χ1n) is 7.29. The molecule has 104 valence electrons. The number of primary amides is 1. The standard InChI is InChI=1S/C16H24N2O/c1-12-9-10-15(14-7-3-2-6-13(12)14)18-11-5-4-8-16(17)19/h2-3,6-7,12,15,18H,4-5,8-11H2,1H3,(H2,17,19). The topological polar surface area (TPSA) is 55.1 Å². The van der Waals surface area contributed by atoms with Gasteiger partial charge in [-0.25, -0.2) is 0 Å². The van der Waals surface area contributed by atoms with Crippen molar-refractivity contribution in [2.45, 2.75) is 51.0 Å². The van der Waals surface area contributed by atoms with Gasteiger partial charge in [-0.05, 0) is 49.3 Å². The Morgan fingerprint density at radius 2 is 2.00 bits per heavy atom. The van der Waals surface area contributed by atoms with Gasteiger partial charge in [0.1, 0.15) is 0 Å². The lowest BCUT2D eigenvalue weighted by molar-refractivity contribution is -0.118. The molecular formula is C16H24N2O. The second-order valence-electron chi connectivity index (χ2n) is 5.54. The molecule has 2 unspecified atom stereocenters. The number of hydrogen-bond acceptors (Lipinski definition) is 2. The van der Waals surface area contributed by atoms with Gasteiger partial charge in [0.05, 0.1) is 0 Å². The number of nitrogens with two attached hydrogens (primary N) is 1. The van der Waals surface area contributed by atoms with E-state index in [0.29, 0.717) is 18.4 Å². The predicted octanol–water partition coefficient (Wildman–Crippen LogP) is 2.87. The van der Waals surface area contributed by atoms with E-state index in [1.807, 2.05) is 0 Å². The summed E-state index contributed by atoms with van der Waals surface area (Å²) >= 11 is 0. The molecule has 19 heavy (non-hydrogen) atoms. The van der Waals surface area contributed by atoms with Crippen molar-refractivity contribution in [1.29, 1.82) is 0 Å². The van der Waals surface area contributed by atoms with E-state index in [4.69, 9.17) is 5.73 Å². The fourth-order valence-corrected chi connectivity index (χ4v) is 2.92. The van der Waals surface area contributed by atoms with Crippen LogP contribution in [0.5, 0.6) is 0 Å². The molecule has 0 aromatic heterocycles. The molecule has 1 aromatic carbocycles. The van der Waals surface area contributed by atoms with E-state index in [9.17, 15) is 4.79 Å². The van der Waals surface area contributed by atoms with Gasteiger partial charge in [-0.1, -0.05) is 31.2 Å². The molecule has 0 bridgehead atoms. The summed E-state index contributed by atoms with van der Waals surface area (Å²) in [6.07, 6.45) is 4.84. The zero-order chi connectivity index (χ0) is 13.7. The van der Waals surface area contributed by atoms with Gasteiger partial charge in [0, 0.05) is 12.5 Å². The Hall–Kier alpha value is -1.35. The molecule has 3 heteroatoms. The van der Waals surface area contributed by atoms with Crippen molar-refractivity contribution in [3.63, 3.8) is 0 Å². The third-order valence-electron chi connectivity index (χ3n) is 4.03. The minimum atomic E-state index is -0.197. The highest BCUT2D eigenvalue weighted by atomic mass is 16.1. The smallest absolute Gasteiger partial charge is 0.217 e. The highest BCUT2D eigenvalue weighted by Crippen LogP contribution is 2.36. The zero-order valence-corrected chi connectivity index (χ0v) is 11.7. The van der Waals surface area contributed by atoms with Gasteiger partial charge < -0.3 is 11.1 Å². The van der Waals surface area contributed by atoms with Crippen LogP contribution in [0.25, 0.3) is 0 Å². The molecule has 2 rings (SSSR count). The van der Waals surface area contributed by atoms with Crippen LogP contribution in [-0.4, -0.2) is 12.5 Å². The number of benzene rings is 1. The fraction of sp³-hybridized carbons (Fsp3) is 0.562. The fourth-order valence-electron chi connectivity index (χ4n) is 2.92. The molecule has 0 saturated carbocycles. The Bertz CT molecular complexity index is 431. The summed E-state index contributed by atoms with van der Waals surface area (Å²) in [5, 5.41) is 3.62. The molecule has 0 saturated heterocycles. The Labute approximate surface area is 115 Å². The highest BCUT2D eigenvalue weighted by Gasteiger charge is 2.23. The van der Waals surface area contributed by atoms with E-state index in [2.05, 4.69) is 36.5 Å². The van der Waals surface area contributed by atoms with Crippen LogP contribution in [0.2, 0.25) is 0 Å². The van der Waals surface area contributed by atoms with Crippen LogP contribution in [0.4, 0.5) is 0 Å². The third kappa shape index (κ3) is 3.80. The van der Waals surface area contributed by atoms with Crippen LogP contribution in [0.15, 0.2) is 24.3 Å². The van der Waals surface area contributed by atoms with E-state index in [0.717, 1.165) is 19.4 Å². The summed E-state index contributed by atoms with van der Waals surface area (Å²) in [6, 6.07) is 9.22. The summed E-state index contributed by atoms with van der Waals surface area (Å²) in [5.41, 5.74) is 8.08. The van der Waals surface area contributed by atoms with E-state index in [1.165, 1.54) is 24.0 Å². The highest BCUT2D eigenvalue weighted by molar-refractivity contribution is 5.73. The molecule has 1 aliphatic rings. The Morgan fingerprint density at radius 3 is 2.74 bits per heavy atom. The van der Waals surface area contributed by atoms with Crippen LogP contribution >= 0.6 is 0 Å². The van der Waals surface area contributed by atoms with Crippen molar-refractivity contribution < 1.29 is 4.79 Å². The number of carbonyl (C=O) groups excluding carboxylic acids is 1. The summed E-state index contributed by atoms with van der Waals surface area (Å²) in [5.74, 6) is 0.473. The molecule has 0 spiro atoms. The number of amides is 1. The number of unbranched alkanes of at least 4 members (excludes halogenated alkanes) is 1. The van der Waals surface area contributed by atoms with Gasteiger partial charge in [0.2, 0.25) is 5.91 Å². The van der Waals surface area contributed by atoms with Gasteiger partial charge >= 0.3 is 0 Å². The van der Waals surface area contributed by atoms with Crippen LogP contribution < -0.4 is 11.1 Å². The summed E-state index contributed by atoms with van der Waals surface area (Å²) in [4.78, 5) is 10.7. The van der Waals surface area contributed by atoms with E-state index < -0.39 is 0 Å². The summed E-state index contributed by atoms with van der Waals surface area (Å²) < 4.78 is 0. The molecule has 3 nitrogen and oxygen atoms in total. The SMILES string of the molecule is CC1CCC(NCCCCC(N)=O)c2ccccc21. The van der Waals surface area contributed by atoms with E-state index in [-0.39, 0.29) is 5.91 Å². The maximum absolute atomic E-state index is 10.7. The van der Waals surface area contributed by atoms with Gasteiger partial charge in [-0.2, -0.15) is 0 Å². The first-order chi connectivity index (χ1) is 9.18. The zero-order valence-electron chi connectivity index (χ0n) is 11.7. The molecule has 1 aliphatic carbocycles. The van der Waals surface area contributed by atoms with Crippen molar-refractivity contribution in [3.05, 3.63) is 35.4 Å². The van der Waals surface area contributed by atoms with Crippen LogP contribution in [-0.2, 0) is 4.79 Å². The number of nitrogens with one attached hydrogen (secondary N) is 1. The molecule has 3 N–H and O–H groups in total. The van der Waals surface area contributed by atoms with E-state index >= 15 is 0 Å². The van der Waals surface area contributed by atoms with Gasteiger partial charge in [-0.15, -0.1) is 0 Å². The van der Waals surface area contributed by atoms with Gasteiger partial charge in [-0.3, -0.25) is 4.79 Å². The van der Waals surface area contributed by atoms with Crippen molar-refractivity contribution in [2.24, 2.45) is 5.73 Å². The number of fused-ring (bicyclic) bond motifs is 1. The second kappa shape index (κ2) is 6.71. The largest absolute Gasteiger partial charge is 0.370 e. The molecule has 0 fully saturated rings. The van der Waals surface area contributed by atoms with Crippen LogP contribution in [0.3, 0.4) is 0 Å². The van der Waals surface area contributed by atoms with Crippen molar-refractivity contribution in [3.8, 4) is 0 Å². The number of carbonyl (C=O) groups is 1. The average molecular weight is 260 g/mol. The Morgan fingerprint density at radius 1 is 1.26 bits per heavy atom. The normalized spacial score (nSPS) is 21.9. The lowest BCUT2D eigenvalue weighted by Gasteiger charge is -2.30. The molecule has 1 amide bonds. The van der Waals surface area contributed by atoms with E-state index in [1.54, 1.807) is 0 Å². The molecule has 2 atom stereocenters. The lowest BCUT2D eigenvalue weighted by Crippen LogP contribution is -2.27. The monoisotopic (exact) mass is 260 g/mol. The van der Waals surface area contributed by atoms with Crippen molar-refractivity contribution in [1.82, 2.24) is 5.32 Å². The molecule has 1 aromatic rings. The first kappa shape index (κ1) is 14.1. The molecular weight excluding hydrogens is 236 g/mol. The lowest BCUT2D eigenvalue weighted by atomic mass is 9.81. The third-order valence-corrected chi connectivity index (χ3v) is 4.03. The number of hydrogen-bond donors (Lipinski definition) is 2. The minimum absolute atomic E-state index is 0.197. The Balaban J connectivity index is 1.85. The van der Waals surface area contributed by atoms with Gasteiger partial charge in [0.25, 0.3) is 0 Å². The maximum atomic E-state index is 10.7. The Kier molecular flexibility index (Phi) is 4.97. The van der Waals surface area contributed by atoms with Crippen molar-refractivity contribution in [2.75, 3.05) is 6.54 Å². The first-order valence-corrected chi connectivity index (χ1v) is 7.29. The van der Waals surface area contributed by atoms with Crippen LogP contribution in [0, 0.1) is 0 Å². The minimum Gasteiger partial charge on any atom is -0.370 e.